The molecule has 0 saturated carbocycles. The number of nitrogens with one attached hydrogen (secondary N) is 1. The summed E-state index contributed by atoms with van der Waals surface area (Å²) in [6.45, 7) is 4.85. The molecular weight excluding hydrogens is 839 g/mol. The number of carbonyl (C=O) groups excluding carboxylic acids is 2. The Bertz CT molecular complexity index is 1100. The van der Waals surface area contributed by atoms with Crippen molar-refractivity contribution in [2.75, 3.05) is 13.2 Å². The molecule has 0 saturated heterocycles. The lowest BCUT2D eigenvalue weighted by molar-refractivity contribution is -0.143. The van der Waals surface area contributed by atoms with Crippen molar-refractivity contribution in [3.8, 4) is 0 Å². The molecule has 0 bridgehead atoms. The summed E-state index contributed by atoms with van der Waals surface area (Å²) in [6, 6.07) is -0.625. The molecule has 1 amide bonds. The average molecular weight is 957 g/mol. The second-order valence-corrected chi connectivity index (χ2v) is 20.7. The first-order chi connectivity index (χ1) is 33.5. The number of allylic oxidation sites excluding steroid dienone is 5. The maximum Gasteiger partial charge on any atom is 0.305 e. The molecule has 0 aliphatic rings. The van der Waals surface area contributed by atoms with Gasteiger partial charge in [-0.25, -0.2) is 0 Å². The van der Waals surface area contributed by atoms with Crippen LogP contribution in [0.4, 0.5) is 0 Å². The van der Waals surface area contributed by atoms with Gasteiger partial charge in [-0.05, 0) is 77.0 Å². The van der Waals surface area contributed by atoms with Crippen LogP contribution >= 0.6 is 0 Å². The highest BCUT2D eigenvalue weighted by Gasteiger charge is 2.18. The Hall–Kier alpha value is -1.92. The third-order valence-electron chi connectivity index (χ3n) is 13.9. The first-order valence-electron chi connectivity index (χ1n) is 30.3. The van der Waals surface area contributed by atoms with Crippen LogP contribution in [0.15, 0.2) is 36.5 Å². The van der Waals surface area contributed by atoms with Crippen LogP contribution < -0.4 is 5.32 Å². The molecule has 0 radical (unpaired) electrons. The minimum atomic E-state index is -0.841. The fourth-order valence-electron chi connectivity index (χ4n) is 9.20. The monoisotopic (exact) mass is 956 g/mol. The SMILES string of the molecule is CCCC/C=C\CCCCCCCC(=O)OCCCCCCCCCCCCCC/C=C\CCCCCCCCCCCCCCCCC(=O)NC(CO)C(O)/C=C/CCCCCCCCCC. The molecular formula is C62H117NO5. The molecule has 0 spiro atoms. The van der Waals surface area contributed by atoms with Crippen molar-refractivity contribution in [1.29, 1.82) is 0 Å². The van der Waals surface area contributed by atoms with Crippen molar-refractivity contribution in [2.45, 2.75) is 334 Å². The number of hydrogen-bond acceptors (Lipinski definition) is 5. The lowest BCUT2D eigenvalue weighted by Crippen LogP contribution is -2.45. The molecule has 2 atom stereocenters. The van der Waals surface area contributed by atoms with Gasteiger partial charge in [0.05, 0.1) is 25.4 Å². The topological polar surface area (TPSA) is 95.9 Å². The Morgan fingerprint density at radius 2 is 0.706 bits per heavy atom. The van der Waals surface area contributed by atoms with E-state index in [1.165, 1.54) is 250 Å². The quantitative estimate of drug-likeness (QED) is 0.0321. The summed E-state index contributed by atoms with van der Waals surface area (Å²) < 4.78 is 5.46. The van der Waals surface area contributed by atoms with E-state index in [2.05, 4.69) is 43.5 Å². The van der Waals surface area contributed by atoms with E-state index in [-0.39, 0.29) is 18.5 Å². The Balaban J connectivity index is 3.36. The van der Waals surface area contributed by atoms with Crippen LogP contribution in [0, 0.1) is 0 Å². The molecule has 0 aromatic heterocycles. The molecule has 6 heteroatoms. The smallest absolute Gasteiger partial charge is 0.305 e. The number of hydrogen-bond donors (Lipinski definition) is 3. The van der Waals surface area contributed by atoms with Crippen LogP contribution in [0.3, 0.4) is 0 Å². The molecule has 6 nitrogen and oxygen atoms in total. The van der Waals surface area contributed by atoms with E-state index < -0.39 is 12.1 Å². The third-order valence-corrected chi connectivity index (χ3v) is 13.9. The molecule has 400 valence electrons. The summed E-state index contributed by atoms with van der Waals surface area (Å²) in [6.07, 6.45) is 72.0. The molecule has 3 N–H and O–H groups in total. The minimum absolute atomic E-state index is 0.00531. The van der Waals surface area contributed by atoms with Gasteiger partial charge in [0.2, 0.25) is 5.91 Å². The number of carbonyl (C=O) groups is 2. The first kappa shape index (κ1) is 66.1. The summed E-state index contributed by atoms with van der Waals surface area (Å²) in [5, 5.41) is 23.0. The number of aliphatic hydroxyl groups is 2. The highest BCUT2D eigenvalue weighted by atomic mass is 16.5. The average Bonchev–Trinajstić information content (AvgIpc) is 3.34. The maximum absolute atomic E-state index is 12.4. The number of rotatable bonds is 56. The Morgan fingerprint density at radius 3 is 1.09 bits per heavy atom. The van der Waals surface area contributed by atoms with Crippen LogP contribution in [0.1, 0.15) is 322 Å². The molecule has 0 rings (SSSR count). The van der Waals surface area contributed by atoms with E-state index in [1.54, 1.807) is 6.08 Å². The van der Waals surface area contributed by atoms with Crippen molar-refractivity contribution in [1.82, 2.24) is 5.32 Å². The van der Waals surface area contributed by atoms with Gasteiger partial charge >= 0.3 is 5.97 Å². The van der Waals surface area contributed by atoms with Crippen LogP contribution in [0.25, 0.3) is 0 Å². The van der Waals surface area contributed by atoms with Gasteiger partial charge in [-0.3, -0.25) is 9.59 Å². The summed E-state index contributed by atoms with van der Waals surface area (Å²) in [5.74, 6) is -0.0627. The predicted molar refractivity (Wildman–Crippen MR) is 296 cm³/mol. The fourth-order valence-corrected chi connectivity index (χ4v) is 9.20. The molecule has 68 heavy (non-hydrogen) atoms. The second kappa shape index (κ2) is 57.7. The van der Waals surface area contributed by atoms with Crippen molar-refractivity contribution >= 4 is 11.9 Å². The van der Waals surface area contributed by atoms with E-state index in [1.807, 2.05) is 6.08 Å². The van der Waals surface area contributed by atoms with Crippen molar-refractivity contribution < 1.29 is 24.5 Å². The van der Waals surface area contributed by atoms with Gasteiger partial charge in [0.15, 0.2) is 0 Å². The van der Waals surface area contributed by atoms with Gasteiger partial charge in [0.25, 0.3) is 0 Å². The second-order valence-electron chi connectivity index (χ2n) is 20.7. The lowest BCUT2D eigenvalue weighted by Gasteiger charge is -2.20. The molecule has 0 aliphatic heterocycles. The lowest BCUT2D eigenvalue weighted by atomic mass is 10.0. The molecule has 0 aromatic rings. The van der Waals surface area contributed by atoms with Gasteiger partial charge < -0.3 is 20.3 Å². The summed E-state index contributed by atoms with van der Waals surface area (Å²) >= 11 is 0. The van der Waals surface area contributed by atoms with Crippen LogP contribution in [0.2, 0.25) is 0 Å². The van der Waals surface area contributed by atoms with E-state index in [4.69, 9.17) is 4.74 Å². The van der Waals surface area contributed by atoms with Crippen LogP contribution in [0.5, 0.6) is 0 Å². The van der Waals surface area contributed by atoms with E-state index in [0.717, 1.165) is 44.9 Å². The van der Waals surface area contributed by atoms with Crippen LogP contribution in [-0.2, 0) is 14.3 Å². The first-order valence-corrected chi connectivity index (χ1v) is 30.3. The zero-order chi connectivity index (χ0) is 49.3. The minimum Gasteiger partial charge on any atom is -0.466 e. The van der Waals surface area contributed by atoms with Crippen molar-refractivity contribution in [3.63, 3.8) is 0 Å². The van der Waals surface area contributed by atoms with Gasteiger partial charge in [-0.15, -0.1) is 0 Å². The summed E-state index contributed by atoms with van der Waals surface area (Å²) in [7, 11) is 0. The van der Waals surface area contributed by atoms with Gasteiger partial charge in [-0.1, -0.05) is 269 Å². The molecule has 2 unspecified atom stereocenters. The normalized spacial score (nSPS) is 12.8. The largest absolute Gasteiger partial charge is 0.466 e. The van der Waals surface area contributed by atoms with Gasteiger partial charge in [-0.2, -0.15) is 0 Å². The highest BCUT2D eigenvalue weighted by molar-refractivity contribution is 5.76. The van der Waals surface area contributed by atoms with Crippen molar-refractivity contribution in [3.05, 3.63) is 36.5 Å². The van der Waals surface area contributed by atoms with E-state index in [9.17, 15) is 19.8 Å². The third kappa shape index (κ3) is 53.4. The molecule has 0 aromatic carbocycles. The van der Waals surface area contributed by atoms with Gasteiger partial charge in [0.1, 0.15) is 0 Å². The number of esters is 1. The number of ether oxygens (including phenoxy) is 1. The molecule has 0 heterocycles. The summed E-state index contributed by atoms with van der Waals surface area (Å²) in [5.41, 5.74) is 0. The maximum atomic E-state index is 12.4. The van der Waals surface area contributed by atoms with E-state index in [0.29, 0.717) is 19.4 Å². The Morgan fingerprint density at radius 1 is 0.397 bits per heavy atom. The van der Waals surface area contributed by atoms with E-state index >= 15 is 0 Å². The Kier molecular flexibility index (Phi) is 56.0. The molecule has 0 aliphatic carbocycles. The highest BCUT2D eigenvalue weighted by Crippen LogP contribution is 2.17. The summed E-state index contributed by atoms with van der Waals surface area (Å²) in [4.78, 5) is 24.4. The van der Waals surface area contributed by atoms with Crippen molar-refractivity contribution in [2.24, 2.45) is 0 Å². The number of unbranched alkanes of at least 4 members (excludes halogenated alkanes) is 41. The Labute approximate surface area is 424 Å². The predicted octanol–water partition coefficient (Wildman–Crippen LogP) is 18.8. The standard InChI is InChI=1S/C62H117NO5/c1-3-5-7-9-11-13-35-40-44-48-52-56-62(67)68-57-53-49-45-41-37-34-32-30-28-26-24-22-20-18-16-15-17-19-21-23-25-27-29-31-33-36-39-43-47-51-55-61(66)63-59(58-64)60(65)54-50-46-42-38-14-12-10-8-6-4-2/h9,11,16,18,50,54,59-60,64-65H,3-8,10,12-15,17,19-49,51-53,55-58H2,1-2H3,(H,63,66)/b11-9-,18-16-,54-50+. The van der Waals surface area contributed by atoms with Crippen LogP contribution in [-0.4, -0.2) is 47.4 Å². The number of amides is 1. The fraction of sp³-hybridized carbons (Fsp3) is 0.871. The number of aliphatic hydroxyl groups excluding tert-OH is 2. The zero-order valence-corrected chi connectivity index (χ0v) is 45.6. The van der Waals surface area contributed by atoms with Gasteiger partial charge in [0, 0.05) is 12.8 Å². The molecule has 0 fully saturated rings. The zero-order valence-electron chi connectivity index (χ0n) is 45.6.